The summed E-state index contributed by atoms with van der Waals surface area (Å²) in [7, 11) is -3.65. The van der Waals surface area contributed by atoms with Gasteiger partial charge in [-0.1, -0.05) is 61.8 Å². The lowest BCUT2D eigenvalue weighted by molar-refractivity contribution is 0.290. The smallest absolute Gasteiger partial charge is 0.245 e. The molecule has 4 rings (SSSR count). The summed E-state index contributed by atoms with van der Waals surface area (Å²) in [5.41, 5.74) is 3.02. The molecule has 3 aromatic rings. The van der Waals surface area contributed by atoms with Gasteiger partial charge in [-0.15, -0.1) is 0 Å². The van der Waals surface area contributed by atoms with E-state index in [0.717, 1.165) is 23.1 Å². The number of hydrogen-bond donors (Lipinski definition) is 0. The van der Waals surface area contributed by atoms with Crippen LogP contribution < -0.4 is 0 Å². The molecular formula is C23H27N3O3S. The van der Waals surface area contributed by atoms with Crippen LogP contribution in [0.25, 0.3) is 11.4 Å². The summed E-state index contributed by atoms with van der Waals surface area (Å²) in [5, 5.41) is 4.09. The monoisotopic (exact) mass is 425 g/mol. The summed E-state index contributed by atoms with van der Waals surface area (Å²) in [6.45, 7) is 8.76. The molecule has 0 bridgehead atoms. The highest BCUT2D eigenvalue weighted by molar-refractivity contribution is 7.89. The molecule has 7 heteroatoms. The van der Waals surface area contributed by atoms with Gasteiger partial charge in [0, 0.05) is 12.1 Å². The lowest BCUT2D eigenvalue weighted by atomic mass is 9.87. The van der Waals surface area contributed by atoms with Gasteiger partial charge in [-0.05, 0) is 48.9 Å². The van der Waals surface area contributed by atoms with Crippen LogP contribution in [-0.4, -0.2) is 29.4 Å². The van der Waals surface area contributed by atoms with Crippen LogP contribution in [0.4, 0.5) is 0 Å². The average molecular weight is 426 g/mol. The standard InChI is InChI=1S/C23H27N3O3S/c1-16-7-5-8-17(15-16)21-24-22(29-25-21)20-9-6-14-26(20)30(27,28)19-12-10-18(11-13-19)23(2,3)4/h5,7-8,10-13,15,20H,6,9,14H2,1-4H3. The molecule has 1 aliphatic heterocycles. The van der Waals surface area contributed by atoms with E-state index < -0.39 is 16.1 Å². The molecule has 0 amide bonds. The van der Waals surface area contributed by atoms with E-state index in [1.54, 1.807) is 12.1 Å². The molecule has 1 aliphatic rings. The average Bonchev–Trinajstić information content (AvgIpc) is 3.37. The second-order valence-corrected chi connectivity index (χ2v) is 10.8. The molecule has 0 radical (unpaired) electrons. The van der Waals surface area contributed by atoms with Gasteiger partial charge in [0.25, 0.3) is 0 Å². The minimum atomic E-state index is -3.65. The maximum absolute atomic E-state index is 13.3. The molecule has 1 unspecified atom stereocenters. The zero-order valence-electron chi connectivity index (χ0n) is 17.8. The molecule has 1 atom stereocenters. The van der Waals surface area contributed by atoms with Crippen molar-refractivity contribution in [3.63, 3.8) is 0 Å². The van der Waals surface area contributed by atoms with Crippen molar-refractivity contribution in [2.45, 2.75) is 56.9 Å². The van der Waals surface area contributed by atoms with Gasteiger partial charge in [-0.3, -0.25) is 0 Å². The van der Waals surface area contributed by atoms with Crippen LogP contribution in [0.2, 0.25) is 0 Å². The highest BCUT2D eigenvalue weighted by Gasteiger charge is 2.39. The highest BCUT2D eigenvalue weighted by Crippen LogP contribution is 2.37. The van der Waals surface area contributed by atoms with E-state index in [2.05, 4.69) is 30.9 Å². The fraction of sp³-hybridized carbons (Fsp3) is 0.391. The van der Waals surface area contributed by atoms with Crippen LogP contribution in [-0.2, 0) is 15.4 Å². The molecule has 2 heterocycles. The SMILES string of the molecule is Cc1cccc(-c2noc(C3CCCN3S(=O)(=O)c3ccc(C(C)(C)C)cc3)n2)c1. The van der Waals surface area contributed by atoms with E-state index in [1.165, 1.54) is 4.31 Å². The van der Waals surface area contributed by atoms with Crippen molar-refractivity contribution >= 4 is 10.0 Å². The topological polar surface area (TPSA) is 76.3 Å². The third-order valence-electron chi connectivity index (χ3n) is 5.53. The Hall–Kier alpha value is -2.51. The number of rotatable bonds is 4. The van der Waals surface area contributed by atoms with Crippen molar-refractivity contribution in [1.82, 2.24) is 14.4 Å². The third-order valence-corrected chi connectivity index (χ3v) is 7.46. The van der Waals surface area contributed by atoms with Crippen LogP contribution >= 0.6 is 0 Å². The quantitative estimate of drug-likeness (QED) is 0.596. The van der Waals surface area contributed by atoms with E-state index in [0.29, 0.717) is 29.6 Å². The predicted molar refractivity (Wildman–Crippen MR) is 115 cm³/mol. The zero-order chi connectivity index (χ0) is 21.5. The van der Waals surface area contributed by atoms with Gasteiger partial charge in [0.2, 0.25) is 21.7 Å². The normalized spacial score (nSPS) is 18.1. The van der Waals surface area contributed by atoms with Crippen LogP contribution in [0, 0.1) is 6.92 Å². The second kappa shape index (κ2) is 7.63. The Bertz CT molecular complexity index is 1140. The Kier molecular flexibility index (Phi) is 5.28. The van der Waals surface area contributed by atoms with Crippen LogP contribution in [0.3, 0.4) is 0 Å². The van der Waals surface area contributed by atoms with Gasteiger partial charge >= 0.3 is 0 Å². The van der Waals surface area contributed by atoms with Crippen molar-refractivity contribution in [2.24, 2.45) is 0 Å². The molecular weight excluding hydrogens is 398 g/mol. The summed E-state index contributed by atoms with van der Waals surface area (Å²) < 4.78 is 33.7. The van der Waals surface area contributed by atoms with Crippen molar-refractivity contribution in [1.29, 1.82) is 0 Å². The Morgan fingerprint density at radius 3 is 2.50 bits per heavy atom. The first-order valence-electron chi connectivity index (χ1n) is 10.2. The van der Waals surface area contributed by atoms with E-state index >= 15 is 0 Å². The van der Waals surface area contributed by atoms with Gasteiger partial charge in [-0.2, -0.15) is 9.29 Å². The number of sulfonamides is 1. The van der Waals surface area contributed by atoms with Crippen molar-refractivity contribution in [3.8, 4) is 11.4 Å². The Morgan fingerprint density at radius 2 is 1.83 bits per heavy atom. The number of aromatic nitrogens is 2. The molecule has 1 fully saturated rings. The number of aryl methyl sites for hydroxylation is 1. The molecule has 30 heavy (non-hydrogen) atoms. The Morgan fingerprint density at radius 1 is 1.10 bits per heavy atom. The molecule has 1 saturated heterocycles. The molecule has 6 nitrogen and oxygen atoms in total. The summed E-state index contributed by atoms with van der Waals surface area (Å²) in [6, 6.07) is 14.6. The van der Waals surface area contributed by atoms with Crippen molar-refractivity contribution < 1.29 is 12.9 Å². The third kappa shape index (κ3) is 3.91. The van der Waals surface area contributed by atoms with Crippen molar-refractivity contribution in [3.05, 3.63) is 65.5 Å². The van der Waals surface area contributed by atoms with E-state index in [-0.39, 0.29) is 5.41 Å². The maximum Gasteiger partial charge on any atom is 0.245 e. The Balaban J connectivity index is 1.62. The maximum atomic E-state index is 13.3. The highest BCUT2D eigenvalue weighted by atomic mass is 32.2. The van der Waals surface area contributed by atoms with Crippen molar-refractivity contribution in [2.75, 3.05) is 6.54 Å². The lowest BCUT2D eigenvalue weighted by Gasteiger charge is -2.23. The predicted octanol–water partition coefficient (Wildman–Crippen LogP) is 4.87. The summed E-state index contributed by atoms with van der Waals surface area (Å²) in [4.78, 5) is 4.82. The zero-order valence-corrected chi connectivity index (χ0v) is 18.6. The van der Waals surface area contributed by atoms with Gasteiger partial charge in [0.1, 0.15) is 6.04 Å². The summed E-state index contributed by atoms with van der Waals surface area (Å²) in [5.74, 6) is 0.825. The number of hydrogen-bond acceptors (Lipinski definition) is 5. The first-order valence-corrected chi connectivity index (χ1v) is 11.6. The summed E-state index contributed by atoms with van der Waals surface area (Å²) in [6.07, 6.45) is 1.42. The molecule has 2 aromatic carbocycles. The molecule has 0 aliphatic carbocycles. The van der Waals surface area contributed by atoms with Gasteiger partial charge < -0.3 is 4.52 Å². The second-order valence-electron chi connectivity index (χ2n) is 8.87. The minimum Gasteiger partial charge on any atom is -0.337 e. The summed E-state index contributed by atoms with van der Waals surface area (Å²) >= 11 is 0. The Labute approximate surface area is 178 Å². The van der Waals surface area contributed by atoms with Crippen LogP contribution in [0.5, 0.6) is 0 Å². The van der Waals surface area contributed by atoms with E-state index in [9.17, 15) is 8.42 Å². The number of nitrogens with zero attached hydrogens (tertiary/aromatic N) is 3. The molecule has 158 valence electrons. The van der Waals surface area contributed by atoms with E-state index in [1.807, 2.05) is 43.3 Å². The molecule has 0 spiro atoms. The van der Waals surface area contributed by atoms with Gasteiger partial charge in [0.05, 0.1) is 4.90 Å². The van der Waals surface area contributed by atoms with Crippen LogP contribution in [0.15, 0.2) is 57.9 Å². The molecule has 0 N–H and O–H groups in total. The molecule has 1 aromatic heterocycles. The number of benzene rings is 2. The van der Waals surface area contributed by atoms with Gasteiger partial charge in [-0.25, -0.2) is 8.42 Å². The van der Waals surface area contributed by atoms with Gasteiger partial charge in [0.15, 0.2) is 0 Å². The minimum absolute atomic E-state index is 0.0333. The first kappa shape index (κ1) is 20.8. The largest absolute Gasteiger partial charge is 0.337 e. The lowest BCUT2D eigenvalue weighted by Crippen LogP contribution is -2.31. The van der Waals surface area contributed by atoms with E-state index in [4.69, 9.17) is 4.52 Å². The fourth-order valence-electron chi connectivity index (χ4n) is 3.81. The van der Waals surface area contributed by atoms with Crippen LogP contribution in [0.1, 0.15) is 56.7 Å². The fourth-order valence-corrected chi connectivity index (χ4v) is 5.46. The first-order chi connectivity index (χ1) is 14.2. The molecule has 0 saturated carbocycles.